The summed E-state index contributed by atoms with van der Waals surface area (Å²) in [6.45, 7) is 10.2. The second-order valence-electron chi connectivity index (χ2n) is 7.26. The number of rotatable bonds is 9. The maximum Gasteiger partial charge on any atom is 0.0623 e. The van der Waals surface area contributed by atoms with Crippen molar-refractivity contribution in [1.82, 2.24) is 5.32 Å². The van der Waals surface area contributed by atoms with E-state index >= 15 is 0 Å². The molecule has 1 N–H and O–H groups in total. The Morgan fingerprint density at radius 3 is 2.60 bits per heavy atom. The third-order valence-corrected chi connectivity index (χ3v) is 5.24. The quantitative estimate of drug-likeness (QED) is 0.658. The molecule has 0 amide bonds. The fourth-order valence-corrected chi connectivity index (χ4v) is 3.51. The highest BCUT2D eigenvalue weighted by Crippen LogP contribution is 2.34. The summed E-state index contributed by atoms with van der Waals surface area (Å²) < 4.78 is 5.59. The average molecular weight is 284 g/mol. The Labute approximate surface area is 127 Å². The highest BCUT2D eigenvalue weighted by molar-refractivity contribution is 4.84. The van der Waals surface area contributed by atoms with E-state index in [2.05, 4.69) is 33.0 Å². The molecule has 3 atom stereocenters. The van der Waals surface area contributed by atoms with E-state index in [1.807, 2.05) is 7.11 Å². The lowest BCUT2D eigenvalue weighted by molar-refractivity contribution is 0.00907. The van der Waals surface area contributed by atoms with Gasteiger partial charge in [-0.1, -0.05) is 33.1 Å². The van der Waals surface area contributed by atoms with Crippen LogP contribution >= 0.6 is 0 Å². The third-order valence-electron chi connectivity index (χ3n) is 5.24. The maximum absolute atomic E-state index is 5.59. The Morgan fingerprint density at radius 2 is 2.00 bits per heavy atom. The van der Waals surface area contributed by atoms with Gasteiger partial charge in [-0.25, -0.2) is 0 Å². The molecule has 2 nitrogen and oxygen atoms in total. The molecule has 20 heavy (non-hydrogen) atoms. The van der Waals surface area contributed by atoms with Crippen LogP contribution < -0.4 is 5.32 Å². The van der Waals surface area contributed by atoms with Crippen molar-refractivity contribution in [1.29, 1.82) is 0 Å². The standard InChI is InChI=1S/C18H37NO/c1-6-13-19-17(11-12-18(3,4)20-5)16-10-8-9-15(7-2)14-16/h15-17,19H,6-14H2,1-5H3. The van der Waals surface area contributed by atoms with E-state index < -0.39 is 0 Å². The van der Waals surface area contributed by atoms with Crippen LogP contribution in [-0.4, -0.2) is 25.3 Å². The Balaban J connectivity index is 2.53. The molecule has 0 aliphatic heterocycles. The van der Waals surface area contributed by atoms with Gasteiger partial charge in [0.25, 0.3) is 0 Å². The molecule has 2 heteroatoms. The minimum Gasteiger partial charge on any atom is -0.379 e. The van der Waals surface area contributed by atoms with Gasteiger partial charge in [0.15, 0.2) is 0 Å². The first-order chi connectivity index (χ1) is 9.52. The molecule has 1 saturated carbocycles. The van der Waals surface area contributed by atoms with Gasteiger partial charge in [0.05, 0.1) is 5.60 Å². The number of hydrogen-bond acceptors (Lipinski definition) is 2. The van der Waals surface area contributed by atoms with Crippen molar-refractivity contribution in [3.63, 3.8) is 0 Å². The van der Waals surface area contributed by atoms with Crippen molar-refractivity contribution in [3.05, 3.63) is 0 Å². The van der Waals surface area contributed by atoms with Crippen molar-refractivity contribution < 1.29 is 4.74 Å². The molecule has 1 aliphatic carbocycles. The Bertz CT molecular complexity index is 252. The van der Waals surface area contributed by atoms with Crippen LogP contribution in [0.25, 0.3) is 0 Å². The highest BCUT2D eigenvalue weighted by Gasteiger charge is 2.29. The van der Waals surface area contributed by atoms with E-state index in [9.17, 15) is 0 Å². The molecular formula is C18H37NO. The van der Waals surface area contributed by atoms with Crippen LogP contribution in [0.15, 0.2) is 0 Å². The normalized spacial score (nSPS) is 25.6. The molecule has 0 aromatic carbocycles. The van der Waals surface area contributed by atoms with Gasteiger partial charge in [-0.15, -0.1) is 0 Å². The van der Waals surface area contributed by atoms with Gasteiger partial charge >= 0.3 is 0 Å². The number of ether oxygens (including phenoxy) is 1. The van der Waals surface area contributed by atoms with Gasteiger partial charge in [0.1, 0.15) is 0 Å². The average Bonchev–Trinajstić information content (AvgIpc) is 2.47. The van der Waals surface area contributed by atoms with Crippen LogP contribution in [0.1, 0.15) is 79.1 Å². The van der Waals surface area contributed by atoms with Crippen LogP contribution in [-0.2, 0) is 4.74 Å². The summed E-state index contributed by atoms with van der Waals surface area (Å²) in [5.41, 5.74) is 0.0188. The van der Waals surface area contributed by atoms with E-state index in [0.717, 1.165) is 24.8 Å². The first kappa shape index (κ1) is 18.0. The van der Waals surface area contributed by atoms with Crippen molar-refractivity contribution >= 4 is 0 Å². The fourth-order valence-electron chi connectivity index (χ4n) is 3.51. The van der Waals surface area contributed by atoms with Crippen LogP contribution in [0.3, 0.4) is 0 Å². The Morgan fingerprint density at radius 1 is 1.25 bits per heavy atom. The van der Waals surface area contributed by atoms with Crippen molar-refractivity contribution in [2.24, 2.45) is 11.8 Å². The summed E-state index contributed by atoms with van der Waals surface area (Å²) in [4.78, 5) is 0. The third kappa shape index (κ3) is 6.13. The Kier molecular flexibility index (Phi) is 8.13. The van der Waals surface area contributed by atoms with Crippen molar-refractivity contribution in [2.45, 2.75) is 90.7 Å². The van der Waals surface area contributed by atoms with Gasteiger partial charge in [-0.05, 0) is 64.3 Å². The minimum atomic E-state index is 0.0188. The molecule has 0 bridgehead atoms. The molecule has 1 fully saturated rings. The van der Waals surface area contributed by atoms with Gasteiger partial charge in [0, 0.05) is 13.2 Å². The molecule has 1 aliphatic rings. The highest BCUT2D eigenvalue weighted by atomic mass is 16.5. The van der Waals surface area contributed by atoms with Gasteiger partial charge in [-0.2, -0.15) is 0 Å². The van der Waals surface area contributed by atoms with Gasteiger partial charge < -0.3 is 10.1 Å². The second-order valence-corrected chi connectivity index (χ2v) is 7.26. The lowest BCUT2D eigenvalue weighted by atomic mass is 9.75. The molecule has 0 aromatic heterocycles. The predicted molar refractivity (Wildman–Crippen MR) is 88.1 cm³/mol. The second kappa shape index (κ2) is 9.04. The van der Waals surface area contributed by atoms with E-state index in [1.54, 1.807) is 0 Å². The number of hydrogen-bond donors (Lipinski definition) is 1. The molecule has 1 rings (SSSR count). The van der Waals surface area contributed by atoms with Crippen LogP contribution in [0.5, 0.6) is 0 Å². The summed E-state index contributed by atoms with van der Waals surface area (Å²) in [5.74, 6) is 1.85. The molecule has 3 unspecified atom stereocenters. The molecule has 0 aromatic rings. The monoisotopic (exact) mass is 283 g/mol. The van der Waals surface area contributed by atoms with Gasteiger partial charge in [0.2, 0.25) is 0 Å². The summed E-state index contributed by atoms with van der Waals surface area (Å²) in [5, 5.41) is 3.82. The molecule has 0 radical (unpaired) electrons. The first-order valence-electron chi connectivity index (χ1n) is 8.81. The zero-order valence-electron chi connectivity index (χ0n) is 14.5. The fraction of sp³-hybridized carbons (Fsp3) is 1.00. The minimum absolute atomic E-state index is 0.0188. The smallest absolute Gasteiger partial charge is 0.0623 e. The molecule has 0 spiro atoms. The lowest BCUT2D eigenvalue weighted by Crippen LogP contribution is -2.40. The molecular weight excluding hydrogens is 246 g/mol. The van der Waals surface area contributed by atoms with Crippen molar-refractivity contribution in [2.75, 3.05) is 13.7 Å². The van der Waals surface area contributed by atoms with Gasteiger partial charge in [-0.3, -0.25) is 0 Å². The van der Waals surface area contributed by atoms with Crippen LogP contribution in [0.2, 0.25) is 0 Å². The summed E-state index contributed by atoms with van der Waals surface area (Å²) in [6.07, 6.45) is 10.7. The first-order valence-corrected chi connectivity index (χ1v) is 8.81. The van der Waals surface area contributed by atoms with E-state index in [-0.39, 0.29) is 5.60 Å². The predicted octanol–water partition coefficient (Wildman–Crippen LogP) is 4.78. The largest absolute Gasteiger partial charge is 0.379 e. The van der Waals surface area contributed by atoms with E-state index in [1.165, 1.54) is 44.9 Å². The summed E-state index contributed by atoms with van der Waals surface area (Å²) in [6, 6.07) is 0.693. The Hall–Kier alpha value is -0.0800. The zero-order chi connectivity index (χ0) is 15.0. The van der Waals surface area contributed by atoms with Crippen molar-refractivity contribution in [3.8, 4) is 0 Å². The van der Waals surface area contributed by atoms with E-state index in [4.69, 9.17) is 4.74 Å². The molecule has 0 saturated heterocycles. The molecule has 120 valence electrons. The number of nitrogens with one attached hydrogen (secondary N) is 1. The lowest BCUT2D eigenvalue weighted by Gasteiger charge is -2.36. The summed E-state index contributed by atoms with van der Waals surface area (Å²) in [7, 11) is 1.84. The number of methoxy groups -OCH3 is 1. The SMILES string of the molecule is CCCNC(CCC(C)(C)OC)C1CCCC(CC)C1. The maximum atomic E-state index is 5.59. The zero-order valence-corrected chi connectivity index (χ0v) is 14.5. The van der Waals surface area contributed by atoms with Crippen LogP contribution in [0, 0.1) is 11.8 Å². The topological polar surface area (TPSA) is 21.3 Å². The summed E-state index contributed by atoms with van der Waals surface area (Å²) >= 11 is 0. The van der Waals surface area contributed by atoms with E-state index in [0.29, 0.717) is 6.04 Å². The van der Waals surface area contributed by atoms with Crippen LogP contribution in [0.4, 0.5) is 0 Å². The molecule has 0 heterocycles.